The maximum atomic E-state index is 11.0. The number of anilines is 1. The van der Waals surface area contributed by atoms with Crippen LogP contribution in [-0.2, 0) is 14.9 Å². The first-order valence-corrected chi connectivity index (χ1v) is 6.78. The van der Waals surface area contributed by atoms with Gasteiger partial charge in [0, 0.05) is 5.69 Å². The van der Waals surface area contributed by atoms with Crippen LogP contribution in [-0.4, -0.2) is 23.3 Å². The van der Waals surface area contributed by atoms with E-state index in [-0.39, 0.29) is 40.4 Å². The van der Waals surface area contributed by atoms with E-state index < -0.39 is 10.1 Å². The van der Waals surface area contributed by atoms with Crippen molar-refractivity contribution in [2.24, 2.45) is 0 Å². The van der Waals surface area contributed by atoms with Crippen LogP contribution in [0.5, 0.6) is 0 Å². The van der Waals surface area contributed by atoms with Gasteiger partial charge < -0.3 is 9.87 Å². The molecule has 16 heavy (non-hydrogen) atoms. The molecule has 82 valence electrons. The second-order valence-electron chi connectivity index (χ2n) is 2.66. The first kappa shape index (κ1) is 16.3. The van der Waals surface area contributed by atoms with Gasteiger partial charge in [-0.05, 0) is 24.3 Å². The van der Waals surface area contributed by atoms with E-state index in [0.29, 0.717) is 10.1 Å². The van der Waals surface area contributed by atoms with Gasteiger partial charge in [0.2, 0.25) is 5.91 Å². The van der Waals surface area contributed by atoms with Crippen LogP contribution in [0.25, 0.3) is 0 Å². The Hall–Kier alpha value is 0.330. The van der Waals surface area contributed by atoms with Gasteiger partial charge in [-0.15, -0.1) is 0 Å². The van der Waals surface area contributed by atoms with Gasteiger partial charge in [-0.1, -0.05) is 22.6 Å². The largest absolute Gasteiger partial charge is 1.00 e. The molecule has 0 bridgehead atoms. The molecule has 0 atom stereocenters. The molecule has 0 saturated heterocycles. The molecule has 0 spiro atoms. The molecule has 1 rings (SSSR count). The van der Waals surface area contributed by atoms with Crippen LogP contribution in [0.15, 0.2) is 29.2 Å². The monoisotopic (exact) mass is 363 g/mol. The molecule has 0 aliphatic carbocycles. The number of alkyl halides is 1. The number of halogens is 1. The number of rotatable bonds is 3. The minimum atomic E-state index is -4.42. The van der Waals surface area contributed by atoms with Gasteiger partial charge in [0.1, 0.15) is 10.1 Å². The Morgan fingerprint density at radius 3 is 2.19 bits per heavy atom. The van der Waals surface area contributed by atoms with Gasteiger partial charge >= 0.3 is 29.6 Å². The first-order valence-electron chi connectivity index (χ1n) is 3.85. The summed E-state index contributed by atoms with van der Waals surface area (Å²) in [7, 11) is -4.42. The number of nitrogens with one attached hydrogen (secondary N) is 1. The molecule has 0 heterocycles. The van der Waals surface area contributed by atoms with Gasteiger partial charge in [0.25, 0.3) is 0 Å². The summed E-state index contributed by atoms with van der Waals surface area (Å²) in [6, 6.07) is 5.06. The Bertz CT molecular complexity index is 459. The third-order valence-electron chi connectivity index (χ3n) is 1.55. The summed E-state index contributed by atoms with van der Waals surface area (Å²) in [6.07, 6.45) is 0. The molecule has 1 N–H and O–H groups in total. The Balaban J connectivity index is 0.00000225. The zero-order chi connectivity index (χ0) is 11.5. The molecule has 1 aromatic carbocycles. The van der Waals surface area contributed by atoms with Crippen molar-refractivity contribution >= 4 is 44.3 Å². The third kappa shape index (κ3) is 5.11. The molecule has 0 fully saturated rings. The van der Waals surface area contributed by atoms with Crippen LogP contribution in [0.4, 0.5) is 5.69 Å². The van der Waals surface area contributed by atoms with Gasteiger partial charge in [0.05, 0.1) is 9.32 Å². The third-order valence-corrected chi connectivity index (χ3v) is 3.09. The van der Waals surface area contributed by atoms with Crippen molar-refractivity contribution < 1.29 is 47.3 Å². The maximum absolute atomic E-state index is 11.0. The summed E-state index contributed by atoms with van der Waals surface area (Å²) in [5, 5.41) is 2.53. The second kappa shape index (κ2) is 6.92. The van der Waals surface area contributed by atoms with Crippen LogP contribution >= 0.6 is 22.6 Å². The van der Waals surface area contributed by atoms with E-state index in [0.717, 1.165) is 12.1 Å². The Kier molecular flexibility index (Phi) is 7.06. The quantitative estimate of drug-likeness (QED) is 0.291. The second-order valence-corrected chi connectivity index (χ2v) is 4.80. The first-order chi connectivity index (χ1) is 6.93. The number of hydrogen-bond donors (Lipinski definition) is 1. The molecule has 8 heteroatoms. The minimum Gasteiger partial charge on any atom is -0.744 e. The van der Waals surface area contributed by atoms with Crippen LogP contribution < -0.4 is 34.9 Å². The van der Waals surface area contributed by atoms with Crippen molar-refractivity contribution in [3.05, 3.63) is 24.3 Å². The standard InChI is InChI=1S/C8H8INO4S.Na/c9-5-8(11)10-6-1-3-7(4-2-6)15(12,13)14;/h1-4H,5H2,(H,10,11)(H,12,13,14);/q;+1/p-1. The molecule has 0 aromatic heterocycles. The molecule has 1 aromatic rings. The fraction of sp³-hybridized carbons (Fsp3) is 0.125. The molecule has 0 saturated carbocycles. The van der Waals surface area contributed by atoms with E-state index in [1.165, 1.54) is 12.1 Å². The van der Waals surface area contributed by atoms with Crippen molar-refractivity contribution in [2.75, 3.05) is 9.74 Å². The van der Waals surface area contributed by atoms with Gasteiger partial charge in [0.15, 0.2) is 0 Å². The van der Waals surface area contributed by atoms with E-state index >= 15 is 0 Å². The number of hydrogen-bond acceptors (Lipinski definition) is 4. The zero-order valence-electron chi connectivity index (χ0n) is 8.44. The van der Waals surface area contributed by atoms with Crippen molar-refractivity contribution in [3.8, 4) is 0 Å². The van der Waals surface area contributed by atoms with Crippen molar-refractivity contribution in [1.29, 1.82) is 0 Å². The van der Waals surface area contributed by atoms with Gasteiger partial charge in [-0.2, -0.15) is 0 Å². The molecular formula is C8H7INNaO4S. The average molecular weight is 363 g/mol. The number of carbonyl (C=O) groups excluding carboxylic acids is 1. The van der Waals surface area contributed by atoms with E-state index in [1.54, 1.807) is 0 Å². The number of benzene rings is 1. The molecule has 5 nitrogen and oxygen atoms in total. The average Bonchev–Trinajstić information content (AvgIpc) is 2.17. The summed E-state index contributed by atoms with van der Waals surface area (Å²) in [6.45, 7) is 0. The van der Waals surface area contributed by atoms with Crippen LogP contribution in [0.1, 0.15) is 0 Å². The molecular weight excluding hydrogens is 356 g/mol. The summed E-state index contributed by atoms with van der Waals surface area (Å²) >= 11 is 1.90. The van der Waals surface area contributed by atoms with Crippen LogP contribution in [0.3, 0.4) is 0 Å². The number of amides is 1. The molecule has 0 unspecified atom stereocenters. The van der Waals surface area contributed by atoms with Crippen molar-refractivity contribution in [2.45, 2.75) is 4.90 Å². The molecule has 0 aliphatic rings. The summed E-state index contributed by atoms with van der Waals surface area (Å²) < 4.78 is 32.0. The van der Waals surface area contributed by atoms with Crippen molar-refractivity contribution in [3.63, 3.8) is 0 Å². The zero-order valence-corrected chi connectivity index (χ0v) is 13.4. The molecule has 0 radical (unpaired) electrons. The fourth-order valence-corrected chi connectivity index (χ4v) is 1.56. The van der Waals surface area contributed by atoms with Crippen LogP contribution in [0, 0.1) is 0 Å². The molecule has 0 aliphatic heterocycles. The van der Waals surface area contributed by atoms with Gasteiger partial charge in [-0.25, -0.2) is 8.42 Å². The normalized spacial score (nSPS) is 10.4. The van der Waals surface area contributed by atoms with E-state index in [9.17, 15) is 17.8 Å². The molecule has 1 amide bonds. The predicted molar refractivity (Wildman–Crippen MR) is 61.9 cm³/mol. The maximum Gasteiger partial charge on any atom is 1.00 e. The topological polar surface area (TPSA) is 86.3 Å². The smallest absolute Gasteiger partial charge is 0.744 e. The van der Waals surface area contributed by atoms with Crippen LogP contribution in [0.2, 0.25) is 0 Å². The SMILES string of the molecule is O=C(CI)Nc1ccc(S(=O)(=O)[O-])cc1.[Na+]. The van der Waals surface area contributed by atoms with E-state index in [2.05, 4.69) is 5.32 Å². The van der Waals surface area contributed by atoms with E-state index in [4.69, 9.17) is 0 Å². The van der Waals surface area contributed by atoms with Crippen molar-refractivity contribution in [1.82, 2.24) is 0 Å². The Morgan fingerprint density at radius 2 is 1.81 bits per heavy atom. The van der Waals surface area contributed by atoms with Gasteiger partial charge in [-0.3, -0.25) is 4.79 Å². The van der Waals surface area contributed by atoms with E-state index in [1.807, 2.05) is 22.6 Å². The minimum absolute atomic E-state index is 0. The predicted octanol–water partition coefficient (Wildman–Crippen LogP) is -2.03. The number of carbonyl (C=O) groups is 1. The Labute approximate surface area is 129 Å². The Morgan fingerprint density at radius 1 is 1.31 bits per heavy atom. The summed E-state index contributed by atoms with van der Waals surface area (Å²) in [4.78, 5) is 10.7. The summed E-state index contributed by atoms with van der Waals surface area (Å²) in [5.41, 5.74) is 0.462. The fourth-order valence-electron chi connectivity index (χ4n) is 0.899. The summed E-state index contributed by atoms with van der Waals surface area (Å²) in [5.74, 6) is -0.187.